The van der Waals surface area contributed by atoms with Crippen LogP contribution in [-0.4, -0.2) is 42.4 Å². The van der Waals surface area contributed by atoms with Crippen LogP contribution in [0.2, 0.25) is 0 Å². The number of amides is 3. The lowest BCUT2D eigenvalue weighted by atomic mass is 9.99. The predicted molar refractivity (Wildman–Crippen MR) is 88.8 cm³/mol. The van der Waals surface area contributed by atoms with Gasteiger partial charge in [-0.15, -0.1) is 0 Å². The Morgan fingerprint density at radius 2 is 1.83 bits per heavy atom. The van der Waals surface area contributed by atoms with E-state index in [4.69, 9.17) is 10.5 Å². The van der Waals surface area contributed by atoms with Crippen LogP contribution in [0.5, 0.6) is 5.75 Å². The van der Waals surface area contributed by atoms with E-state index in [0.29, 0.717) is 10.6 Å². The standard InChI is InChI=1S/C17H19N3O4/c1-24-13-8-6-12(7-9-13)14-4-2-3-5-15(14)16(21)19-10-11-20(23)17(18)22/h2-9,23H,10-11H2,1H3,(H2,18,22)(H,19,21). The molecule has 2 aromatic carbocycles. The molecule has 7 nitrogen and oxygen atoms in total. The van der Waals surface area contributed by atoms with Crippen LogP contribution < -0.4 is 15.8 Å². The number of benzene rings is 2. The third-order valence-electron chi connectivity index (χ3n) is 3.44. The van der Waals surface area contributed by atoms with Crippen LogP contribution in [0.15, 0.2) is 48.5 Å². The Kier molecular flexibility index (Phi) is 5.75. The van der Waals surface area contributed by atoms with Crippen LogP contribution in [0.25, 0.3) is 11.1 Å². The summed E-state index contributed by atoms with van der Waals surface area (Å²) in [6, 6.07) is 13.6. The Morgan fingerprint density at radius 1 is 1.17 bits per heavy atom. The van der Waals surface area contributed by atoms with E-state index in [0.717, 1.165) is 16.9 Å². The zero-order valence-electron chi connectivity index (χ0n) is 13.2. The van der Waals surface area contributed by atoms with Crippen molar-refractivity contribution in [3.63, 3.8) is 0 Å². The predicted octanol–water partition coefficient (Wildman–Crippen LogP) is 1.86. The summed E-state index contributed by atoms with van der Waals surface area (Å²) >= 11 is 0. The number of urea groups is 1. The third kappa shape index (κ3) is 4.23. The normalized spacial score (nSPS) is 10.1. The molecule has 0 radical (unpaired) electrons. The fourth-order valence-electron chi connectivity index (χ4n) is 2.18. The molecular formula is C17H19N3O4. The van der Waals surface area contributed by atoms with Gasteiger partial charge in [-0.25, -0.2) is 9.86 Å². The van der Waals surface area contributed by atoms with Gasteiger partial charge in [0.15, 0.2) is 0 Å². The highest BCUT2D eigenvalue weighted by atomic mass is 16.5. The van der Waals surface area contributed by atoms with Crippen LogP contribution in [0.3, 0.4) is 0 Å². The molecule has 0 fully saturated rings. The number of nitrogens with two attached hydrogens (primary N) is 1. The average Bonchev–Trinajstić information content (AvgIpc) is 2.61. The molecule has 0 aliphatic heterocycles. The minimum absolute atomic E-state index is 0.0786. The van der Waals surface area contributed by atoms with Crippen molar-refractivity contribution in [2.75, 3.05) is 20.2 Å². The van der Waals surface area contributed by atoms with E-state index in [-0.39, 0.29) is 19.0 Å². The second-order valence-corrected chi connectivity index (χ2v) is 4.99. The molecule has 4 N–H and O–H groups in total. The first-order chi connectivity index (χ1) is 11.5. The number of ether oxygens (including phenoxy) is 1. The third-order valence-corrected chi connectivity index (χ3v) is 3.44. The van der Waals surface area contributed by atoms with E-state index in [2.05, 4.69) is 5.32 Å². The largest absolute Gasteiger partial charge is 0.497 e. The maximum atomic E-state index is 12.4. The molecule has 0 aromatic heterocycles. The summed E-state index contributed by atoms with van der Waals surface area (Å²) in [6.07, 6.45) is 0. The van der Waals surface area contributed by atoms with Crippen LogP contribution in [0, 0.1) is 0 Å². The quantitative estimate of drug-likeness (QED) is 0.555. The summed E-state index contributed by atoms with van der Waals surface area (Å²) in [5.74, 6) is 0.425. The average molecular weight is 329 g/mol. The smallest absolute Gasteiger partial charge is 0.338 e. The van der Waals surface area contributed by atoms with E-state index >= 15 is 0 Å². The first-order valence-electron chi connectivity index (χ1n) is 7.30. The highest BCUT2D eigenvalue weighted by Gasteiger charge is 2.13. The van der Waals surface area contributed by atoms with Crippen LogP contribution in [0.4, 0.5) is 4.79 Å². The number of carbonyl (C=O) groups excluding carboxylic acids is 2. The summed E-state index contributed by atoms with van der Waals surface area (Å²) in [6.45, 7) is -0.0129. The second-order valence-electron chi connectivity index (χ2n) is 4.99. The molecule has 0 saturated carbocycles. The molecule has 0 aliphatic carbocycles. The van der Waals surface area contributed by atoms with Crippen molar-refractivity contribution in [1.82, 2.24) is 10.4 Å². The summed E-state index contributed by atoms with van der Waals surface area (Å²) < 4.78 is 5.13. The molecule has 2 aromatic rings. The van der Waals surface area contributed by atoms with Gasteiger partial charge in [0.2, 0.25) is 0 Å². The molecule has 0 aliphatic rings. The Hall–Kier alpha value is -3.06. The molecule has 126 valence electrons. The van der Waals surface area contributed by atoms with Crippen molar-refractivity contribution in [1.29, 1.82) is 0 Å². The molecule has 7 heteroatoms. The van der Waals surface area contributed by atoms with Crippen molar-refractivity contribution in [2.45, 2.75) is 0 Å². The lowest BCUT2D eigenvalue weighted by Gasteiger charge is -2.14. The number of hydroxylamine groups is 2. The molecule has 0 heterocycles. The van der Waals surface area contributed by atoms with Crippen molar-refractivity contribution >= 4 is 11.9 Å². The number of rotatable bonds is 6. The molecule has 0 unspecified atom stereocenters. The van der Waals surface area contributed by atoms with E-state index in [9.17, 15) is 14.8 Å². The lowest BCUT2D eigenvalue weighted by Crippen LogP contribution is -2.39. The fourth-order valence-corrected chi connectivity index (χ4v) is 2.18. The van der Waals surface area contributed by atoms with Gasteiger partial charge in [-0.3, -0.25) is 10.0 Å². The zero-order chi connectivity index (χ0) is 17.5. The number of hydrogen-bond donors (Lipinski definition) is 3. The SMILES string of the molecule is COc1ccc(-c2ccccc2C(=O)NCCN(O)C(N)=O)cc1. The Morgan fingerprint density at radius 3 is 2.46 bits per heavy atom. The Labute approximate surface area is 139 Å². The van der Waals surface area contributed by atoms with E-state index < -0.39 is 6.03 Å². The zero-order valence-corrected chi connectivity index (χ0v) is 13.2. The maximum absolute atomic E-state index is 12.4. The molecule has 2 rings (SSSR count). The monoisotopic (exact) mass is 329 g/mol. The van der Waals surface area contributed by atoms with E-state index in [1.807, 2.05) is 36.4 Å². The number of methoxy groups -OCH3 is 1. The lowest BCUT2D eigenvalue weighted by molar-refractivity contribution is -0.0376. The van der Waals surface area contributed by atoms with E-state index in [1.54, 1.807) is 19.2 Å². The van der Waals surface area contributed by atoms with Crippen LogP contribution in [0.1, 0.15) is 10.4 Å². The van der Waals surface area contributed by atoms with E-state index in [1.165, 1.54) is 0 Å². The number of carbonyl (C=O) groups is 2. The molecule has 0 atom stereocenters. The molecule has 24 heavy (non-hydrogen) atoms. The first-order valence-corrected chi connectivity index (χ1v) is 7.30. The van der Waals surface area contributed by atoms with Gasteiger partial charge < -0.3 is 15.8 Å². The van der Waals surface area contributed by atoms with Gasteiger partial charge in [-0.05, 0) is 29.3 Å². The van der Waals surface area contributed by atoms with Gasteiger partial charge >= 0.3 is 6.03 Å². The van der Waals surface area contributed by atoms with Crippen LogP contribution >= 0.6 is 0 Å². The van der Waals surface area contributed by atoms with Gasteiger partial charge in [0.05, 0.1) is 13.7 Å². The highest BCUT2D eigenvalue weighted by Crippen LogP contribution is 2.25. The summed E-state index contributed by atoms with van der Waals surface area (Å²) in [4.78, 5) is 23.1. The first kappa shape index (κ1) is 17.3. The maximum Gasteiger partial charge on any atom is 0.338 e. The topological polar surface area (TPSA) is 105 Å². The minimum atomic E-state index is -0.970. The number of hydrogen-bond acceptors (Lipinski definition) is 4. The van der Waals surface area contributed by atoms with Gasteiger partial charge in [0, 0.05) is 12.1 Å². The minimum Gasteiger partial charge on any atom is -0.497 e. The molecular weight excluding hydrogens is 310 g/mol. The number of nitrogens with one attached hydrogen (secondary N) is 1. The van der Waals surface area contributed by atoms with Crippen molar-refractivity contribution in [3.05, 3.63) is 54.1 Å². The van der Waals surface area contributed by atoms with Gasteiger partial charge in [0.25, 0.3) is 5.91 Å². The van der Waals surface area contributed by atoms with Crippen LogP contribution in [-0.2, 0) is 0 Å². The van der Waals surface area contributed by atoms with Crippen molar-refractivity contribution < 1.29 is 19.5 Å². The molecule has 3 amide bonds. The Bertz CT molecular complexity index is 716. The van der Waals surface area contributed by atoms with Crippen molar-refractivity contribution in [3.8, 4) is 16.9 Å². The molecule has 0 bridgehead atoms. The fraction of sp³-hybridized carbons (Fsp3) is 0.176. The second kappa shape index (κ2) is 7.98. The Balaban J connectivity index is 2.12. The summed E-state index contributed by atoms with van der Waals surface area (Å²) in [5, 5.41) is 12.2. The highest BCUT2D eigenvalue weighted by molar-refractivity contribution is 6.00. The van der Waals surface area contributed by atoms with Gasteiger partial charge in [-0.2, -0.15) is 0 Å². The summed E-state index contributed by atoms with van der Waals surface area (Å²) in [7, 11) is 1.59. The number of primary amides is 1. The van der Waals surface area contributed by atoms with Crippen molar-refractivity contribution in [2.24, 2.45) is 5.73 Å². The van der Waals surface area contributed by atoms with Gasteiger partial charge in [0.1, 0.15) is 5.75 Å². The summed E-state index contributed by atoms with van der Waals surface area (Å²) in [5.41, 5.74) is 7.04. The molecule has 0 saturated heterocycles. The number of nitrogens with zero attached hydrogens (tertiary/aromatic N) is 1. The molecule has 0 spiro atoms. The van der Waals surface area contributed by atoms with Gasteiger partial charge in [-0.1, -0.05) is 30.3 Å².